The standard InChI is InChI=1S/C38H69NO7/c1-5-6-7-8-9-10-11-12-13-14-15-16-17-18-19-20-21-22-23-24-25-26-27-28-29-30-36(41)45-33-35(40)34-46-38(37(42)43)44-32-31-39(2,3)4/h11-12,14-15,17-18,35,38,40H,5-10,13,16,19-34H2,1-4H3/b12-11-,15-14-,18-17-. The van der Waals surface area contributed by atoms with Gasteiger partial charge in [0.25, 0.3) is 0 Å². The summed E-state index contributed by atoms with van der Waals surface area (Å²) in [6.07, 6.45) is 34.3. The Kier molecular flexibility index (Phi) is 30.2. The van der Waals surface area contributed by atoms with Crippen LogP contribution in [-0.2, 0) is 23.8 Å². The highest BCUT2D eigenvalue weighted by atomic mass is 16.7. The molecule has 0 aromatic carbocycles. The van der Waals surface area contributed by atoms with Crippen LogP contribution in [0.3, 0.4) is 0 Å². The monoisotopic (exact) mass is 652 g/mol. The van der Waals surface area contributed by atoms with E-state index in [4.69, 9.17) is 14.2 Å². The van der Waals surface area contributed by atoms with Crippen LogP contribution in [0.15, 0.2) is 36.5 Å². The Morgan fingerprint density at radius 1 is 0.674 bits per heavy atom. The zero-order valence-electron chi connectivity index (χ0n) is 29.9. The van der Waals surface area contributed by atoms with Gasteiger partial charge in [0.1, 0.15) is 19.3 Å². The highest BCUT2D eigenvalue weighted by Crippen LogP contribution is 2.13. The Labute approximate surface area is 281 Å². The van der Waals surface area contributed by atoms with Crippen molar-refractivity contribution in [2.24, 2.45) is 0 Å². The number of carbonyl (C=O) groups is 2. The van der Waals surface area contributed by atoms with Crippen molar-refractivity contribution < 1.29 is 38.5 Å². The number of aliphatic carboxylic acids is 1. The third-order valence-electron chi connectivity index (χ3n) is 7.62. The van der Waals surface area contributed by atoms with E-state index in [9.17, 15) is 19.8 Å². The number of hydrogen-bond acceptors (Lipinski definition) is 7. The van der Waals surface area contributed by atoms with E-state index < -0.39 is 18.4 Å². The average Bonchev–Trinajstić information content (AvgIpc) is 3.00. The topological polar surface area (TPSA) is 105 Å². The summed E-state index contributed by atoms with van der Waals surface area (Å²) in [6, 6.07) is 0. The Bertz CT molecular complexity index is 803. The first-order chi connectivity index (χ1) is 22.2. The molecule has 46 heavy (non-hydrogen) atoms. The number of aliphatic hydroxyl groups excluding tert-OH is 1. The second-order valence-corrected chi connectivity index (χ2v) is 13.4. The maximum absolute atomic E-state index is 11.9. The first-order valence-corrected chi connectivity index (χ1v) is 18.2. The highest BCUT2D eigenvalue weighted by molar-refractivity contribution is 5.69. The van der Waals surface area contributed by atoms with Crippen molar-refractivity contribution >= 4 is 11.9 Å². The molecule has 0 saturated heterocycles. The van der Waals surface area contributed by atoms with Crippen molar-refractivity contribution in [2.75, 3.05) is 47.5 Å². The summed E-state index contributed by atoms with van der Waals surface area (Å²) in [5.41, 5.74) is 0. The molecule has 0 aromatic heterocycles. The molecule has 0 fully saturated rings. The molecule has 0 amide bonds. The van der Waals surface area contributed by atoms with E-state index in [1.54, 1.807) is 0 Å². The first kappa shape index (κ1) is 44.0. The second-order valence-electron chi connectivity index (χ2n) is 13.4. The van der Waals surface area contributed by atoms with E-state index in [0.29, 0.717) is 17.4 Å². The summed E-state index contributed by atoms with van der Waals surface area (Å²) in [4.78, 5) is 23.1. The van der Waals surface area contributed by atoms with Crippen LogP contribution in [0, 0.1) is 0 Å². The molecule has 0 aliphatic rings. The number of carboxylic acids is 1. The predicted octanol–water partition coefficient (Wildman–Crippen LogP) is 7.20. The summed E-state index contributed by atoms with van der Waals surface area (Å²) in [6.45, 7) is 2.44. The van der Waals surface area contributed by atoms with Crippen molar-refractivity contribution in [1.29, 1.82) is 0 Å². The molecular weight excluding hydrogens is 582 g/mol. The van der Waals surface area contributed by atoms with Crippen molar-refractivity contribution in [3.05, 3.63) is 36.5 Å². The van der Waals surface area contributed by atoms with Crippen LogP contribution in [0.5, 0.6) is 0 Å². The normalized spacial score (nSPS) is 13.7. The van der Waals surface area contributed by atoms with E-state index >= 15 is 0 Å². The Morgan fingerprint density at radius 2 is 1.15 bits per heavy atom. The fourth-order valence-corrected chi connectivity index (χ4v) is 4.71. The number of nitrogens with zero attached hydrogens (tertiary/aromatic N) is 1. The number of unbranched alkanes of at least 4 members (excludes halogenated alkanes) is 15. The lowest BCUT2D eigenvalue weighted by Gasteiger charge is -2.26. The summed E-state index contributed by atoms with van der Waals surface area (Å²) in [7, 11) is 5.86. The molecule has 0 aliphatic carbocycles. The quantitative estimate of drug-likeness (QED) is 0.0263. The fraction of sp³-hybridized carbons (Fsp3) is 0.789. The SMILES string of the molecule is CCCCCCC/C=C\C/C=C\C/C=C\CCCCCCCCCCCCC(=O)OCC(O)COC(OCC[N+](C)(C)C)C(=O)[O-]. The lowest BCUT2D eigenvalue weighted by Crippen LogP contribution is -2.44. The highest BCUT2D eigenvalue weighted by Gasteiger charge is 2.17. The molecule has 0 bridgehead atoms. The number of rotatable bonds is 33. The van der Waals surface area contributed by atoms with Gasteiger partial charge in [-0.2, -0.15) is 0 Å². The number of quaternary nitrogens is 1. The van der Waals surface area contributed by atoms with E-state index in [1.165, 1.54) is 89.9 Å². The minimum Gasteiger partial charge on any atom is -0.545 e. The maximum Gasteiger partial charge on any atom is 0.305 e. The molecule has 1 N–H and O–H groups in total. The maximum atomic E-state index is 11.9. The van der Waals surface area contributed by atoms with E-state index in [0.717, 1.165) is 32.1 Å². The number of carboxylic acid groups (broad SMARTS) is 1. The predicted molar refractivity (Wildman–Crippen MR) is 186 cm³/mol. The van der Waals surface area contributed by atoms with Crippen LogP contribution in [0.2, 0.25) is 0 Å². The summed E-state index contributed by atoms with van der Waals surface area (Å²) in [5, 5.41) is 21.1. The summed E-state index contributed by atoms with van der Waals surface area (Å²) >= 11 is 0. The molecular formula is C38H69NO7. The third-order valence-corrected chi connectivity index (χ3v) is 7.62. The fourth-order valence-electron chi connectivity index (χ4n) is 4.71. The molecule has 2 atom stereocenters. The van der Waals surface area contributed by atoms with Crippen LogP contribution < -0.4 is 5.11 Å². The van der Waals surface area contributed by atoms with Crippen molar-refractivity contribution in [3.8, 4) is 0 Å². The van der Waals surface area contributed by atoms with Crippen LogP contribution in [0.1, 0.15) is 135 Å². The number of likely N-dealkylation sites (N-methyl/N-ethyl adjacent to an activating group) is 1. The average molecular weight is 652 g/mol. The minimum absolute atomic E-state index is 0.169. The number of allylic oxidation sites excluding steroid dienone is 6. The van der Waals surface area contributed by atoms with Crippen LogP contribution in [0.25, 0.3) is 0 Å². The van der Waals surface area contributed by atoms with E-state index in [2.05, 4.69) is 43.4 Å². The number of hydrogen-bond donors (Lipinski definition) is 1. The summed E-state index contributed by atoms with van der Waals surface area (Å²) in [5.74, 6) is -1.88. The van der Waals surface area contributed by atoms with Crippen LogP contribution >= 0.6 is 0 Å². The number of esters is 1. The van der Waals surface area contributed by atoms with Gasteiger partial charge in [-0.05, 0) is 44.9 Å². The molecule has 268 valence electrons. The molecule has 0 aliphatic heterocycles. The Hall–Kier alpha value is -2.00. The molecule has 0 rings (SSSR count). The van der Waals surface area contributed by atoms with Gasteiger partial charge in [0.05, 0.1) is 40.3 Å². The number of ether oxygens (including phenoxy) is 3. The molecule has 0 spiro atoms. The van der Waals surface area contributed by atoms with Gasteiger partial charge in [0, 0.05) is 6.42 Å². The van der Waals surface area contributed by atoms with Crippen molar-refractivity contribution in [2.45, 2.75) is 148 Å². The lowest BCUT2D eigenvalue weighted by atomic mass is 10.1. The molecule has 0 radical (unpaired) electrons. The van der Waals surface area contributed by atoms with Crippen molar-refractivity contribution in [1.82, 2.24) is 0 Å². The molecule has 0 heterocycles. The van der Waals surface area contributed by atoms with E-state index in [-0.39, 0.29) is 25.8 Å². The number of aliphatic hydroxyl groups is 1. The van der Waals surface area contributed by atoms with Gasteiger partial charge in [-0.25, -0.2) is 0 Å². The molecule has 8 heteroatoms. The zero-order chi connectivity index (χ0) is 34.1. The van der Waals surface area contributed by atoms with E-state index in [1.807, 2.05) is 21.1 Å². The molecule has 0 saturated carbocycles. The van der Waals surface area contributed by atoms with Gasteiger partial charge in [-0.3, -0.25) is 4.79 Å². The third kappa shape index (κ3) is 33.4. The van der Waals surface area contributed by atoms with Gasteiger partial charge >= 0.3 is 5.97 Å². The smallest absolute Gasteiger partial charge is 0.305 e. The van der Waals surface area contributed by atoms with Crippen LogP contribution in [0.4, 0.5) is 0 Å². The van der Waals surface area contributed by atoms with Gasteiger partial charge in [-0.15, -0.1) is 0 Å². The van der Waals surface area contributed by atoms with Gasteiger partial charge in [0.15, 0.2) is 6.29 Å². The van der Waals surface area contributed by atoms with Gasteiger partial charge < -0.3 is 33.7 Å². The Balaban J connectivity index is 3.54. The molecule has 0 aromatic rings. The Morgan fingerprint density at radius 3 is 1.65 bits per heavy atom. The first-order valence-electron chi connectivity index (χ1n) is 18.2. The molecule has 8 nitrogen and oxygen atoms in total. The summed E-state index contributed by atoms with van der Waals surface area (Å²) < 4.78 is 16.0. The molecule has 2 unspecified atom stereocenters. The van der Waals surface area contributed by atoms with Gasteiger partial charge in [0.2, 0.25) is 0 Å². The second kappa shape index (κ2) is 31.6. The minimum atomic E-state index is -1.57. The van der Waals surface area contributed by atoms with Crippen LogP contribution in [-0.4, -0.2) is 81.4 Å². The lowest BCUT2D eigenvalue weighted by molar-refractivity contribution is -0.870. The van der Waals surface area contributed by atoms with Crippen molar-refractivity contribution in [3.63, 3.8) is 0 Å². The largest absolute Gasteiger partial charge is 0.545 e. The van der Waals surface area contributed by atoms with Gasteiger partial charge in [-0.1, -0.05) is 120 Å². The number of carbonyl (C=O) groups excluding carboxylic acids is 2. The zero-order valence-corrected chi connectivity index (χ0v) is 29.9.